The van der Waals surface area contributed by atoms with Gasteiger partial charge in [-0.25, -0.2) is 0 Å². The number of nitrogens with zero attached hydrogens (tertiary/aromatic N) is 1. The van der Waals surface area contributed by atoms with Crippen LogP contribution < -0.4 is 0 Å². The molecule has 0 N–H and O–H groups in total. The van der Waals surface area contributed by atoms with Crippen molar-refractivity contribution in [3.63, 3.8) is 0 Å². The summed E-state index contributed by atoms with van der Waals surface area (Å²) in [7, 11) is 0. The molecule has 8 rings (SSSR count). The second-order valence-corrected chi connectivity index (χ2v) is 11.2. The minimum absolute atomic E-state index is 1.00. The highest BCUT2D eigenvalue weighted by Crippen LogP contribution is 2.44. The van der Waals surface area contributed by atoms with Gasteiger partial charge in [-0.05, 0) is 96.9 Å². The highest BCUT2D eigenvalue weighted by molar-refractivity contribution is 6.21. The van der Waals surface area contributed by atoms with Gasteiger partial charge >= 0.3 is 0 Å². The van der Waals surface area contributed by atoms with Gasteiger partial charge in [0.2, 0.25) is 0 Å². The van der Waals surface area contributed by atoms with E-state index in [1.807, 2.05) is 13.0 Å². The standard InChI is InChI=1S/C42H29N/c1-28-10-8-19-40(43-28)34-14-9-13-33(26-34)30-20-23-31(24-21-30)41-36-15-4-6-17-38(36)42(39-18-7-5-16-37(39)41)35-25-22-29-11-2-3-12-32(29)27-35/h2-27H,1H3. The SMILES string of the molecule is Cc1cccc(-c2cccc(-c3ccc(-c4c5ccccc5c(-c5ccc6ccccc6c5)c5ccccc45)cc3)c2)n1. The van der Waals surface area contributed by atoms with Crippen molar-refractivity contribution in [2.75, 3.05) is 0 Å². The molecule has 0 aliphatic rings. The molecule has 0 fully saturated rings. The van der Waals surface area contributed by atoms with Gasteiger partial charge < -0.3 is 0 Å². The van der Waals surface area contributed by atoms with Crippen molar-refractivity contribution in [1.82, 2.24) is 4.98 Å². The van der Waals surface area contributed by atoms with Crippen molar-refractivity contribution in [3.05, 3.63) is 163 Å². The van der Waals surface area contributed by atoms with Crippen LogP contribution in [0.25, 0.3) is 77.0 Å². The number of pyridine rings is 1. The van der Waals surface area contributed by atoms with Crippen LogP contribution in [0.3, 0.4) is 0 Å². The summed E-state index contributed by atoms with van der Waals surface area (Å²) in [5, 5.41) is 7.60. The lowest BCUT2D eigenvalue weighted by Gasteiger charge is -2.18. The predicted molar refractivity (Wildman–Crippen MR) is 183 cm³/mol. The Labute approximate surface area is 251 Å². The van der Waals surface area contributed by atoms with Crippen LogP contribution in [0.5, 0.6) is 0 Å². The fourth-order valence-corrected chi connectivity index (χ4v) is 6.49. The topological polar surface area (TPSA) is 12.9 Å². The molecule has 0 atom stereocenters. The normalized spacial score (nSPS) is 11.4. The van der Waals surface area contributed by atoms with E-state index in [1.54, 1.807) is 0 Å². The first-order valence-electron chi connectivity index (χ1n) is 14.8. The van der Waals surface area contributed by atoms with Gasteiger partial charge in [-0.2, -0.15) is 0 Å². The van der Waals surface area contributed by atoms with Crippen molar-refractivity contribution in [1.29, 1.82) is 0 Å². The van der Waals surface area contributed by atoms with Gasteiger partial charge in [0.25, 0.3) is 0 Å². The Morgan fingerprint density at radius 2 is 0.884 bits per heavy atom. The summed E-state index contributed by atoms with van der Waals surface area (Å²) in [6.45, 7) is 2.04. The van der Waals surface area contributed by atoms with Crippen LogP contribution >= 0.6 is 0 Å². The molecule has 43 heavy (non-hydrogen) atoms. The van der Waals surface area contributed by atoms with Crippen LogP contribution in [-0.2, 0) is 0 Å². The Balaban J connectivity index is 1.28. The van der Waals surface area contributed by atoms with Gasteiger partial charge in [0.1, 0.15) is 0 Å². The molecule has 0 aliphatic carbocycles. The molecular formula is C42H29N. The quantitative estimate of drug-likeness (QED) is 0.200. The predicted octanol–water partition coefficient (Wildman–Crippen LogP) is 11.5. The minimum atomic E-state index is 1.00. The highest BCUT2D eigenvalue weighted by Gasteiger charge is 2.17. The zero-order chi connectivity index (χ0) is 28.8. The largest absolute Gasteiger partial charge is 0.253 e. The molecule has 0 unspecified atom stereocenters. The maximum atomic E-state index is 4.73. The molecule has 8 aromatic rings. The molecule has 202 valence electrons. The molecule has 1 nitrogen and oxygen atoms in total. The Morgan fingerprint density at radius 1 is 0.349 bits per heavy atom. The first kappa shape index (κ1) is 25.2. The molecule has 0 bridgehead atoms. The molecule has 0 spiro atoms. The molecule has 1 aromatic heterocycles. The number of hydrogen-bond acceptors (Lipinski definition) is 1. The van der Waals surface area contributed by atoms with E-state index in [0.29, 0.717) is 0 Å². The Hall–Kier alpha value is -5.53. The second kappa shape index (κ2) is 10.4. The molecule has 1 heteroatoms. The Morgan fingerprint density at radius 3 is 1.56 bits per heavy atom. The van der Waals surface area contributed by atoms with Gasteiger partial charge in [0.05, 0.1) is 5.69 Å². The van der Waals surface area contributed by atoms with Gasteiger partial charge in [0, 0.05) is 11.3 Å². The van der Waals surface area contributed by atoms with E-state index >= 15 is 0 Å². The zero-order valence-electron chi connectivity index (χ0n) is 24.0. The number of benzene rings is 7. The van der Waals surface area contributed by atoms with Crippen molar-refractivity contribution in [2.24, 2.45) is 0 Å². The molecule has 0 saturated heterocycles. The second-order valence-electron chi connectivity index (χ2n) is 11.2. The Bertz CT molecular complexity index is 2240. The fraction of sp³-hybridized carbons (Fsp3) is 0.0238. The molecule has 1 heterocycles. The van der Waals surface area contributed by atoms with Crippen LogP contribution in [0.15, 0.2) is 158 Å². The smallest absolute Gasteiger partial charge is 0.0705 e. The van der Waals surface area contributed by atoms with Gasteiger partial charge in [0.15, 0.2) is 0 Å². The summed E-state index contributed by atoms with van der Waals surface area (Å²) in [6, 6.07) is 57.1. The van der Waals surface area contributed by atoms with Crippen LogP contribution in [0.4, 0.5) is 0 Å². The summed E-state index contributed by atoms with van der Waals surface area (Å²) in [4.78, 5) is 4.73. The average molecular weight is 548 g/mol. The average Bonchev–Trinajstić information content (AvgIpc) is 3.07. The summed E-state index contributed by atoms with van der Waals surface area (Å²) in [5.74, 6) is 0. The fourth-order valence-electron chi connectivity index (χ4n) is 6.49. The number of rotatable bonds is 4. The van der Waals surface area contributed by atoms with E-state index in [9.17, 15) is 0 Å². The van der Waals surface area contributed by atoms with Gasteiger partial charge in [-0.3, -0.25) is 4.98 Å². The first-order chi connectivity index (χ1) is 21.2. The van der Waals surface area contributed by atoms with Crippen LogP contribution in [-0.4, -0.2) is 4.98 Å². The summed E-state index contributed by atoms with van der Waals surface area (Å²) in [6.07, 6.45) is 0. The van der Waals surface area contributed by atoms with Crippen molar-refractivity contribution >= 4 is 32.3 Å². The lowest BCUT2D eigenvalue weighted by Crippen LogP contribution is -1.91. The monoisotopic (exact) mass is 547 g/mol. The van der Waals surface area contributed by atoms with Crippen molar-refractivity contribution < 1.29 is 0 Å². The maximum absolute atomic E-state index is 4.73. The third kappa shape index (κ3) is 4.47. The molecule has 0 aliphatic heterocycles. The van der Waals surface area contributed by atoms with E-state index in [4.69, 9.17) is 4.98 Å². The lowest BCUT2D eigenvalue weighted by atomic mass is 9.85. The summed E-state index contributed by atoms with van der Waals surface area (Å²) < 4.78 is 0. The van der Waals surface area contributed by atoms with E-state index in [0.717, 1.165) is 17.0 Å². The molecule has 0 saturated carbocycles. The van der Waals surface area contributed by atoms with Crippen LogP contribution in [0.1, 0.15) is 5.69 Å². The first-order valence-corrected chi connectivity index (χ1v) is 14.8. The third-order valence-corrected chi connectivity index (χ3v) is 8.52. The third-order valence-electron chi connectivity index (χ3n) is 8.52. The number of aromatic nitrogens is 1. The summed E-state index contributed by atoms with van der Waals surface area (Å²) >= 11 is 0. The highest BCUT2D eigenvalue weighted by atomic mass is 14.7. The number of fused-ring (bicyclic) bond motifs is 3. The Kier molecular flexibility index (Phi) is 6.09. The zero-order valence-corrected chi connectivity index (χ0v) is 24.0. The van der Waals surface area contributed by atoms with Crippen LogP contribution in [0, 0.1) is 6.92 Å². The maximum Gasteiger partial charge on any atom is 0.0705 e. The summed E-state index contributed by atoms with van der Waals surface area (Å²) in [5.41, 5.74) is 10.6. The van der Waals surface area contributed by atoms with E-state index in [1.165, 1.54) is 65.7 Å². The van der Waals surface area contributed by atoms with Crippen molar-refractivity contribution in [3.8, 4) is 44.6 Å². The van der Waals surface area contributed by atoms with E-state index < -0.39 is 0 Å². The minimum Gasteiger partial charge on any atom is -0.253 e. The molecule has 0 amide bonds. The molecule has 7 aromatic carbocycles. The van der Waals surface area contributed by atoms with E-state index in [2.05, 4.69) is 152 Å². The van der Waals surface area contributed by atoms with Crippen molar-refractivity contribution in [2.45, 2.75) is 6.92 Å². The number of hydrogen-bond donors (Lipinski definition) is 0. The molecule has 0 radical (unpaired) electrons. The van der Waals surface area contributed by atoms with E-state index in [-0.39, 0.29) is 0 Å². The van der Waals surface area contributed by atoms with Crippen LogP contribution in [0.2, 0.25) is 0 Å². The van der Waals surface area contributed by atoms with Gasteiger partial charge in [-0.1, -0.05) is 133 Å². The number of aryl methyl sites for hydroxylation is 1. The molecular weight excluding hydrogens is 518 g/mol. The van der Waals surface area contributed by atoms with Gasteiger partial charge in [-0.15, -0.1) is 0 Å². The lowest BCUT2D eigenvalue weighted by molar-refractivity contribution is 1.21.